The number of para-hydroxylation sites is 1. The zero-order valence-electron chi connectivity index (χ0n) is 21.0. The molecule has 11 nitrogen and oxygen atoms in total. The fraction of sp³-hybridized carbons (Fsp3) is 0.360. The van der Waals surface area contributed by atoms with Crippen LogP contribution in [0.1, 0.15) is 24.1 Å². The molecule has 1 heterocycles. The first kappa shape index (κ1) is 28.5. The molecular formula is C25H29F2N5O6. The van der Waals surface area contributed by atoms with Gasteiger partial charge in [-0.05, 0) is 42.3 Å². The van der Waals surface area contributed by atoms with E-state index in [1.54, 1.807) is 19.1 Å². The highest BCUT2D eigenvalue weighted by Gasteiger charge is 2.42. The van der Waals surface area contributed by atoms with Crippen LogP contribution in [-0.2, 0) is 25.7 Å². The van der Waals surface area contributed by atoms with Crippen LogP contribution in [0, 0.1) is 11.6 Å². The Bertz CT molecular complexity index is 1210. The Labute approximate surface area is 217 Å². The van der Waals surface area contributed by atoms with Crippen molar-refractivity contribution in [3.63, 3.8) is 0 Å². The van der Waals surface area contributed by atoms with Crippen LogP contribution in [0.4, 0.5) is 25.0 Å². The van der Waals surface area contributed by atoms with Crippen molar-refractivity contribution in [2.75, 3.05) is 31.8 Å². The van der Waals surface area contributed by atoms with Crippen LogP contribution in [0.25, 0.3) is 0 Å². The number of carbonyl (C=O) groups excluding carboxylic acids is 3. The topological polar surface area (TPSA) is 154 Å². The number of anilines is 2. The third-order valence-corrected chi connectivity index (χ3v) is 6.47. The highest BCUT2D eigenvalue weighted by molar-refractivity contribution is 6.00. The summed E-state index contributed by atoms with van der Waals surface area (Å²) in [4.78, 5) is 52.0. The van der Waals surface area contributed by atoms with Gasteiger partial charge in [0.05, 0.1) is 6.10 Å². The Morgan fingerprint density at radius 2 is 1.92 bits per heavy atom. The summed E-state index contributed by atoms with van der Waals surface area (Å²) in [5, 5.41) is 14.3. The third-order valence-electron chi connectivity index (χ3n) is 6.47. The number of carbonyl (C=O) groups is 4. The molecule has 0 unspecified atom stereocenters. The van der Waals surface area contributed by atoms with E-state index in [1.807, 2.05) is 0 Å². The summed E-state index contributed by atoms with van der Waals surface area (Å²) in [6.07, 6.45) is -1.68. The molecule has 1 aliphatic heterocycles. The Morgan fingerprint density at radius 1 is 1.26 bits per heavy atom. The van der Waals surface area contributed by atoms with Crippen molar-refractivity contribution in [1.82, 2.24) is 15.1 Å². The molecule has 1 aliphatic rings. The fourth-order valence-electron chi connectivity index (χ4n) is 4.19. The number of halogens is 2. The maximum absolute atomic E-state index is 14.3. The number of fused-ring (bicyclic) bond motifs is 1. The average molecular weight is 534 g/mol. The molecule has 0 aromatic heterocycles. The van der Waals surface area contributed by atoms with Gasteiger partial charge in [-0.1, -0.05) is 12.1 Å². The normalized spacial score (nSPS) is 16.8. The first-order valence-electron chi connectivity index (χ1n) is 11.6. The molecule has 2 aromatic rings. The average Bonchev–Trinajstić information content (AvgIpc) is 3.26. The van der Waals surface area contributed by atoms with E-state index in [-0.39, 0.29) is 13.1 Å². The molecule has 13 heteroatoms. The number of nitrogens with two attached hydrogens (primary N) is 1. The maximum Gasteiger partial charge on any atom is 0.407 e. The molecule has 0 radical (unpaired) electrons. The minimum atomic E-state index is -1.34. The number of hydrogen-bond acceptors (Lipinski definition) is 7. The summed E-state index contributed by atoms with van der Waals surface area (Å²) < 4.78 is 33.9. The highest BCUT2D eigenvalue weighted by atomic mass is 19.1. The van der Waals surface area contributed by atoms with Crippen LogP contribution in [0.15, 0.2) is 36.4 Å². The van der Waals surface area contributed by atoms with Gasteiger partial charge < -0.3 is 40.8 Å². The summed E-state index contributed by atoms with van der Waals surface area (Å²) in [7, 11) is 2.57. The molecule has 3 rings (SSSR count). The van der Waals surface area contributed by atoms with Gasteiger partial charge in [0.25, 0.3) is 5.91 Å². The minimum absolute atomic E-state index is 0.0208. The van der Waals surface area contributed by atoms with Crippen molar-refractivity contribution in [1.29, 1.82) is 0 Å². The third kappa shape index (κ3) is 5.89. The lowest BCUT2D eigenvalue weighted by atomic mass is 10.0. The smallest absolute Gasteiger partial charge is 0.407 e. The quantitative estimate of drug-likeness (QED) is 0.266. The van der Waals surface area contributed by atoms with Crippen LogP contribution in [0.5, 0.6) is 0 Å². The van der Waals surface area contributed by atoms with E-state index in [0.29, 0.717) is 23.1 Å². The SMILES string of the molecule is CO[C@H](C)[C@H](NC[C@@H](C=O)N(C)C(=O)O)C(=O)N1Cc2ccc(N)cc2[C@H]1C(=O)Nc1c(F)cccc1F. The molecule has 0 fully saturated rings. The number of ether oxygens (including phenoxy) is 1. The predicted octanol–water partition coefficient (Wildman–Crippen LogP) is 1.74. The number of methoxy groups -OCH3 is 1. The van der Waals surface area contributed by atoms with E-state index in [0.717, 1.165) is 23.1 Å². The van der Waals surface area contributed by atoms with Gasteiger partial charge in [-0.3, -0.25) is 9.59 Å². The molecule has 0 saturated heterocycles. The Hall–Kier alpha value is -4.10. The van der Waals surface area contributed by atoms with Gasteiger partial charge in [-0.2, -0.15) is 0 Å². The number of nitrogen functional groups attached to an aromatic ring is 1. The fourth-order valence-corrected chi connectivity index (χ4v) is 4.19. The van der Waals surface area contributed by atoms with Crippen molar-refractivity contribution in [2.45, 2.75) is 37.7 Å². The minimum Gasteiger partial charge on any atom is -0.465 e. The van der Waals surface area contributed by atoms with Crippen molar-refractivity contribution in [2.24, 2.45) is 0 Å². The molecule has 4 atom stereocenters. The lowest BCUT2D eigenvalue weighted by Crippen LogP contribution is -2.56. The number of hydrogen-bond donors (Lipinski definition) is 4. The Kier molecular flexibility index (Phi) is 8.96. The monoisotopic (exact) mass is 533 g/mol. The van der Waals surface area contributed by atoms with Crippen LogP contribution in [0.3, 0.4) is 0 Å². The maximum atomic E-state index is 14.3. The summed E-state index contributed by atoms with van der Waals surface area (Å²) >= 11 is 0. The molecular weight excluding hydrogens is 504 g/mol. The van der Waals surface area contributed by atoms with Gasteiger partial charge in [0.2, 0.25) is 5.91 Å². The van der Waals surface area contributed by atoms with E-state index in [4.69, 9.17) is 10.5 Å². The van der Waals surface area contributed by atoms with Gasteiger partial charge in [-0.15, -0.1) is 0 Å². The molecule has 5 N–H and O–H groups in total. The highest BCUT2D eigenvalue weighted by Crippen LogP contribution is 2.37. The number of amides is 3. The van der Waals surface area contributed by atoms with E-state index in [1.165, 1.54) is 25.1 Å². The van der Waals surface area contributed by atoms with Gasteiger partial charge in [0, 0.05) is 32.9 Å². The van der Waals surface area contributed by atoms with Crippen LogP contribution in [0.2, 0.25) is 0 Å². The summed E-state index contributed by atoms with van der Waals surface area (Å²) in [6.45, 7) is 1.34. The van der Waals surface area contributed by atoms with E-state index >= 15 is 0 Å². The number of nitrogens with zero attached hydrogens (tertiary/aromatic N) is 2. The van der Waals surface area contributed by atoms with E-state index in [9.17, 15) is 33.1 Å². The Morgan fingerprint density at radius 3 is 2.50 bits per heavy atom. The number of nitrogens with one attached hydrogen (secondary N) is 2. The number of likely N-dealkylation sites (N-methyl/N-ethyl adjacent to an activating group) is 1. The second kappa shape index (κ2) is 12.0. The first-order chi connectivity index (χ1) is 18.0. The van der Waals surface area contributed by atoms with Gasteiger partial charge in [0.15, 0.2) is 0 Å². The zero-order valence-corrected chi connectivity index (χ0v) is 21.0. The summed E-state index contributed by atoms with van der Waals surface area (Å²) in [6, 6.07) is 4.37. The number of rotatable bonds is 10. The lowest BCUT2D eigenvalue weighted by Gasteiger charge is -2.32. The molecule has 204 valence electrons. The van der Waals surface area contributed by atoms with Gasteiger partial charge in [0.1, 0.15) is 41.7 Å². The first-order valence-corrected chi connectivity index (χ1v) is 11.6. The number of benzene rings is 2. The summed E-state index contributed by atoms with van der Waals surface area (Å²) in [5.74, 6) is -3.47. The van der Waals surface area contributed by atoms with Crippen LogP contribution >= 0.6 is 0 Å². The molecule has 3 amide bonds. The molecule has 0 spiro atoms. The second-order valence-electron chi connectivity index (χ2n) is 8.84. The predicted molar refractivity (Wildman–Crippen MR) is 133 cm³/mol. The molecule has 0 aliphatic carbocycles. The zero-order chi connectivity index (χ0) is 28.1. The van der Waals surface area contributed by atoms with E-state index in [2.05, 4.69) is 10.6 Å². The number of aldehydes is 1. The van der Waals surface area contributed by atoms with Gasteiger partial charge in [-0.25, -0.2) is 13.6 Å². The van der Waals surface area contributed by atoms with Gasteiger partial charge >= 0.3 is 6.09 Å². The molecule has 0 saturated carbocycles. The summed E-state index contributed by atoms with van der Waals surface area (Å²) in [5.41, 5.74) is 6.56. The largest absolute Gasteiger partial charge is 0.465 e. The van der Waals surface area contributed by atoms with Crippen LogP contribution in [-0.4, -0.2) is 78.0 Å². The van der Waals surface area contributed by atoms with Crippen molar-refractivity contribution in [3.8, 4) is 0 Å². The van der Waals surface area contributed by atoms with Crippen molar-refractivity contribution >= 4 is 35.6 Å². The molecule has 0 bridgehead atoms. The number of carboxylic acid groups (broad SMARTS) is 1. The van der Waals surface area contributed by atoms with E-state index < -0.39 is 59.5 Å². The van der Waals surface area contributed by atoms with Crippen molar-refractivity contribution < 1.29 is 37.8 Å². The van der Waals surface area contributed by atoms with Crippen LogP contribution < -0.4 is 16.4 Å². The van der Waals surface area contributed by atoms with Crippen molar-refractivity contribution in [3.05, 3.63) is 59.2 Å². The standard InChI is InChI=1S/C25H29F2N5O6/c1-13(38-3)20(29-10-16(12-33)31(2)25(36)37)24(35)32-11-14-7-8-15(28)9-17(14)22(32)23(34)30-21-18(26)5-4-6-19(21)27/h4-9,12-13,16,20,22,29H,10-11,28H2,1-3H3,(H,30,34)(H,36,37)/t13-,16+,20+,22+/m1/s1. The molecule has 38 heavy (non-hydrogen) atoms. The Balaban J connectivity index is 1.94. The second-order valence-corrected chi connectivity index (χ2v) is 8.84. The lowest BCUT2D eigenvalue weighted by molar-refractivity contribution is -0.143. The molecule has 2 aromatic carbocycles.